The standard InChI is InChI=1S/C15H26O4Si/c1-14(2,3)20(6,7)19-11-9-8-10(16)12-13(11)18-15(4,5)17-12/h8-9,11-13H,1-7H3/t11-,12-,13+/m0/s1. The number of fused-ring (bicyclic) bond motifs is 1. The predicted octanol–water partition coefficient (Wildman–Crippen LogP) is 3.04. The lowest BCUT2D eigenvalue weighted by Crippen LogP contribution is -2.51. The molecule has 0 unspecified atom stereocenters. The first kappa shape index (κ1) is 15.9. The van der Waals surface area contributed by atoms with Gasteiger partial charge in [0, 0.05) is 0 Å². The molecule has 0 aromatic heterocycles. The summed E-state index contributed by atoms with van der Waals surface area (Å²) in [6.07, 6.45) is 2.32. The Morgan fingerprint density at radius 3 is 2.40 bits per heavy atom. The van der Waals surface area contributed by atoms with Gasteiger partial charge < -0.3 is 13.9 Å². The van der Waals surface area contributed by atoms with Crippen LogP contribution in [0.4, 0.5) is 0 Å². The lowest BCUT2D eigenvalue weighted by molar-refractivity contribution is -0.155. The molecule has 2 aliphatic rings. The number of hydrogen-bond donors (Lipinski definition) is 0. The largest absolute Gasteiger partial charge is 0.408 e. The second-order valence-electron chi connectivity index (χ2n) is 7.63. The van der Waals surface area contributed by atoms with Crippen molar-refractivity contribution in [2.45, 2.75) is 76.8 Å². The van der Waals surface area contributed by atoms with Gasteiger partial charge in [-0.1, -0.05) is 26.8 Å². The first-order valence-corrected chi connectivity index (χ1v) is 10.1. The van der Waals surface area contributed by atoms with Gasteiger partial charge in [-0.3, -0.25) is 4.79 Å². The van der Waals surface area contributed by atoms with E-state index in [0.717, 1.165) is 0 Å². The minimum Gasteiger partial charge on any atom is -0.408 e. The minimum atomic E-state index is -1.92. The summed E-state index contributed by atoms with van der Waals surface area (Å²) in [7, 11) is -1.92. The van der Waals surface area contributed by atoms with Crippen LogP contribution in [0.2, 0.25) is 18.1 Å². The fraction of sp³-hybridized carbons (Fsp3) is 0.800. The molecule has 114 valence electrons. The van der Waals surface area contributed by atoms with Crippen LogP contribution in [0, 0.1) is 0 Å². The molecular formula is C15H26O4Si. The van der Waals surface area contributed by atoms with Crippen molar-refractivity contribution in [2.75, 3.05) is 0 Å². The minimum absolute atomic E-state index is 0.0318. The molecular weight excluding hydrogens is 272 g/mol. The number of ether oxygens (including phenoxy) is 2. The van der Waals surface area contributed by atoms with Gasteiger partial charge in [0.1, 0.15) is 6.10 Å². The van der Waals surface area contributed by atoms with Gasteiger partial charge >= 0.3 is 0 Å². The van der Waals surface area contributed by atoms with Gasteiger partial charge in [0.15, 0.2) is 26.0 Å². The maximum Gasteiger partial charge on any atom is 0.193 e. The Kier molecular flexibility index (Phi) is 3.78. The molecule has 5 heteroatoms. The maximum absolute atomic E-state index is 11.9. The predicted molar refractivity (Wildman–Crippen MR) is 80.0 cm³/mol. The van der Waals surface area contributed by atoms with Crippen LogP contribution in [0.5, 0.6) is 0 Å². The Balaban J connectivity index is 2.21. The van der Waals surface area contributed by atoms with Crippen molar-refractivity contribution in [1.82, 2.24) is 0 Å². The van der Waals surface area contributed by atoms with E-state index >= 15 is 0 Å². The average molecular weight is 298 g/mol. The van der Waals surface area contributed by atoms with Crippen molar-refractivity contribution in [3.05, 3.63) is 12.2 Å². The second kappa shape index (κ2) is 4.76. The summed E-state index contributed by atoms with van der Waals surface area (Å²) in [5.41, 5.74) is 0. The Labute approximate surface area is 122 Å². The van der Waals surface area contributed by atoms with Crippen molar-refractivity contribution in [2.24, 2.45) is 0 Å². The molecule has 1 saturated heterocycles. The Hall–Kier alpha value is -0.493. The quantitative estimate of drug-likeness (QED) is 0.735. The van der Waals surface area contributed by atoms with E-state index in [1.165, 1.54) is 0 Å². The van der Waals surface area contributed by atoms with Crippen LogP contribution in [-0.4, -0.2) is 38.2 Å². The molecule has 2 rings (SSSR count). The van der Waals surface area contributed by atoms with Crippen LogP contribution in [0.25, 0.3) is 0 Å². The summed E-state index contributed by atoms with van der Waals surface area (Å²) >= 11 is 0. The van der Waals surface area contributed by atoms with Crippen LogP contribution < -0.4 is 0 Å². The van der Waals surface area contributed by atoms with E-state index in [1.54, 1.807) is 6.08 Å². The zero-order chi connectivity index (χ0) is 15.3. The van der Waals surface area contributed by atoms with Crippen LogP contribution >= 0.6 is 0 Å². The van der Waals surface area contributed by atoms with E-state index in [2.05, 4.69) is 33.9 Å². The molecule has 0 amide bonds. The third-order valence-corrected chi connectivity index (χ3v) is 8.89. The lowest BCUT2D eigenvalue weighted by atomic mass is 9.98. The number of carbonyl (C=O) groups is 1. The summed E-state index contributed by atoms with van der Waals surface area (Å²) in [5.74, 6) is -0.762. The molecule has 0 spiro atoms. The van der Waals surface area contributed by atoms with Gasteiger partial charge in [-0.15, -0.1) is 0 Å². The Bertz CT molecular complexity index is 434. The van der Waals surface area contributed by atoms with Crippen molar-refractivity contribution in [3.8, 4) is 0 Å². The summed E-state index contributed by atoms with van der Waals surface area (Å²) in [5, 5.41) is 0.118. The Morgan fingerprint density at radius 1 is 1.25 bits per heavy atom. The molecule has 0 aromatic carbocycles. The van der Waals surface area contributed by atoms with E-state index in [1.807, 2.05) is 19.9 Å². The molecule has 0 saturated carbocycles. The highest BCUT2D eigenvalue weighted by atomic mass is 28.4. The summed E-state index contributed by atoms with van der Waals surface area (Å²) in [4.78, 5) is 11.9. The molecule has 0 bridgehead atoms. The van der Waals surface area contributed by atoms with Crippen molar-refractivity contribution in [1.29, 1.82) is 0 Å². The number of ketones is 1. The molecule has 0 radical (unpaired) electrons. The van der Waals surface area contributed by atoms with Gasteiger partial charge in [0.25, 0.3) is 0 Å². The van der Waals surface area contributed by atoms with Gasteiger partial charge in [0.05, 0.1) is 6.10 Å². The van der Waals surface area contributed by atoms with E-state index < -0.39 is 20.2 Å². The van der Waals surface area contributed by atoms with Crippen molar-refractivity contribution in [3.63, 3.8) is 0 Å². The van der Waals surface area contributed by atoms with Gasteiger partial charge in [-0.25, -0.2) is 0 Å². The zero-order valence-corrected chi connectivity index (χ0v) is 14.5. The molecule has 1 fully saturated rings. The highest BCUT2D eigenvalue weighted by molar-refractivity contribution is 6.74. The van der Waals surface area contributed by atoms with Gasteiger partial charge in [-0.2, -0.15) is 0 Å². The lowest BCUT2D eigenvalue weighted by Gasteiger charge is -2.40. The Morgan fingerprint density at radius 2 is 1.85 bits per heavy atom. The van der Waals surface area contributed by atoms with Crippen LogP contribution in [-0.2, 0) is 18.7 Å². The molecule has 1 aliphatic heterocycles. The molecule has 3 atom stereocenters. The normalized spacial score (nSPS) is 33.4. The summed E-state index contributed by atoms with van der Waals surface area (Å²) in [6.45, 7) is 14.7. The molecule has 1 aliphatic carbocycles. The summed E-state index contributed by atoms with van der Waals surface area (Å²) in [6, 6.07) is 0. The fourth-order valence-electron chi connectivity index (χ4n) is 2.27. The van der Waals surface area contributed by atoms with Crippen LogP contribution in [0.3, 0.4) is 0 Å². The smallest absolute Gasteiger partial charge is 0.193 e. The van der Waals surface area contributed by atoms with Crippen LogP contribution in [0.1, 0.15) is 34.6 Å². The zero-order valence-electron chi connectivity index (χ0n) is 13.5. The third kappa shape index (κ3) is 2.91. The van der Waals surface area contributed by atoms with Gasteiger partial charge in [-0.05, 0) is 38.1 Å². The first-order valence-electron chi connectivity index (χ1n) is 7.18. The molecule has 4 nitrogen and oxygen atoms in total. The number of carbonyl (C=O) groups excluding carboxylic acids is 1. The van der Waals surface area contributed by atoms with E-state index in [4.69, 9.17) is 13.9 Å². The topological polar surface area (TPSA) is 44.8 Å². The number of rotatable bonds is 2. The van der Waals surface area contributed by atoms with Gasteiger partial charge in [0.2, 0.25) is 0 Å². The van der Waals surface area contributed by atoms with E-state index in [-0.39, 0.29) is 23.0 Å². The van der Waals surface area contributed by atoms with Crippen molar-refractivity contribution < 1.29 is 18.7 Å². The van der Waals surface area contributed by atoms with E-state index in [0.29, 0.717) is 0 Å². The maximum atomic E-state index is 11.9. The molecule has 20 heavy (non-hydrogen) atoms. The highest BCUT2D eigenvalue weighted by Crippen LogP contribution is 2.41. The van der Waals surface area contributed by atoms with Crippen molar-refractivity contribution >= 4 is 14.1 Å². The molecule has 1 heterocycles. The van der Waals surface area contributed by atoms with Crippen LogP contribution in [0.15, 0.2) is 12.2 Å². The SMILES string of the molecule is CC1(C)O[C@@H]2[C@@H](O[Si](C)(C)C(C)(C)C)C=CC(=O)[C@@H]2O1. The number of hydrogen-bond acceptors (Lipinski definition) is 4. The molecule has 0 aromatic rings. The molecule has 0 N–H and O–H groups in total. The third-order valence-electron chi connectivity index (χ3n) is 4.42. The fourth-order valence-corrected chi connectivity index (χ4v) is 3.51. The second-order valence-corrected chi connectivity index (χ2v) is 12.4. The first-order chi connectivity index (χ1) is 8.93. The van der Waals surface area contributed by atoms with E-state index in [9.17, 15) is 4.79 Å². The average Bonchev–Trinajstić information content (AvgIpc) is 2.57. The highest BCUT2D eigenvalue weighted by Gasteiger charge is 2.51. The monoisotopic (exact) mass is 298 g/mol. The summed E-state index contributed by atoms with van der Waals surface area (Å²) < 4.78 is 18.0.